The maximum absolute atomic E-state index is 13.3. The average Bonchev–Trinajstić information content (AvgIpc) is 3.37. The lowest BCUT2D eigenvalue weighted by Crippen LogP contribution is -2.48. The molecule has 1 aliphatic heterocycles. The van der Waals surface area contributed by atoms with Crippen LogP contribution in [-0.4, -0.2) is 29.8 Å². The summed E-state index contributed by atoms with van der Waals surface area (Å²) in [6.45, 7) is 3.44. The number of methoxy groups -OCH3 is 1. The molecule has 4 aromatic carbocycles. The van der Waals surface area contributed by atoms with Crippen LogP contribution >= 0.6 is 0 Å². The number of rotatable bonds is 7. The Balaban J connectivity index is 1.39. The van der Waals surface area contributed by atoms with Crippen molar-refractivity contribution in [1.82, 2.24) is 4.98 Å². The van der Waals surface area contributed by atoms with Crippen LogP contribution in [0.15, 0.2) is 91.1 Å². The lowest BCUT2D eigenvalue weighted by Gasteiger charge is -2.36. The standard InChI is InChI=1S/C33H29NO6/c1-33(2)39-31(35)30(32(36)40-33)29(25-18-34-26-14-7-6-13-24(25)26)21-15-16-27(28(17-21)37-3)38-19-22-11-8-10-20-9-4-5-12-23(20)22/h4-18,29-30,34H,19H2,1-3H3/t29-/m0/s1. The predicted molar refractivity (Wildman–Crippen MR) is 151 cm³/mol. The molecule has 7 nitrogen and oxygen atoms in total. The Morgan fingerprint density at radius 2 is 1.55 bits per heavy atom. The summed E-state index contributed by atoms with van der Waals surface area (Å²) in [6.07, 6.45) is 1.83. The molecule has 6 rings (SSSR count). The van der Waals surface area contributed by atoms with Gasteiger partial charge >= 0.3 is 11.9 Å². The Labute approximate surface area is 231 Å². The molecule has 40 heavy (non-hydrogen) atoms. The fraction of sp³-hybridized carbons (Fsp3) is 0.212. The highest BCUT2D eigenvalue weighted by molar-refractivity contribution is 5.99. The fourth-order valence-electron chi connectivity index (χ4n) is 5.47. The van der Waals surface area contributed by atoms with E-state index in [2.05, 4.69) is 23.2 Å². The van der Waals surface area contributed by atoms with Crippen LogP contribution in [0.1, 0.15) is 36.5 Å². The number of benzene rings is 4. The molecule has 0 aliphatic carbocycles. The third-order valence-corrected chi connectivity index (χ3v) is 7.30. The summed E-state index contributed by atoms with van der Waals surface area (Å²) in [4.78, 5) is 29.8. The first-order chi connectivity index (χ1) is 19.3. The van der Waals surface area contributed by atoms with Gasteiger partial charge in [0.25, 0.3) is 5.79 Å². The molecule has 5 aromatic rings. The monoisotopic (exact) mass is 535 g/mol. The molecule has 0 spiro atoms. The second-order valence-corrected chi connectivity index (χ2v) is 10.3. The Morgan fingerprint density at radius 1 is 0.850 bits per heavy atom. The first kappa shape index (κ1) is 25.5. The number of aromatic amines is 1. The zero-order valence-corrected chi connectivity index (χ0v) is 22.5. The summed E-state index contributed by atoms with van der Waals surface area (Å²) in [6, 6.07) is 27.5. The maximum Gasteiger partial charge on any atom is 0.324 e. The third kappa shape index (κ3) is 4.64. The second-order valence-electron chi connectivity index (χ2n) is 10.3. The highest BCUT2D eigenvalue weighted by Crippen LogP contribution is 2.43. The molecule has 7 heteroatoms. The molecule has 0 bridgehead atoms. The molecule has 1 atom stereocenters. The van der Waals surface area contributed by atoms with Gasteiger partial charge in [-0.2, -0.15) is 0 Å². The molecule has 2 heterocycles. The van der Waals surface area contributed by atoms with Crippen molar-refractivity contribution in [2.75, 3.05) is 7.11 Å². The molecule has 0 amide bonds. The van der Waals surface area contributed by atoms with Crippen LogP contribution in [0.5, 0.6) is 11.5 Å². The molecular formula is C33H29NO6. The van der Waals surface area contributed by atoms with Crippen molar-refractivity contribution in [3.8, 4) is 11.5 Å². The van der Waals surface area contributed by atoms with Crippen LogP contribution in [0.25, 0.3) is 21.7 Å². The third-order valence-electron chi connectivity index (χ3n) is 7.30. The minimum atomic E-state index is -1.33. The number of hydrogen-bond acceptors (Lipinski definition) is 6. The summed E-state index contributed by atoms with van der Waals surface area (Å²) in [7, 11) is 1.57. The van der Waals surface area contributed by atoms with Crippen molar-refractivity contribution in [2.45, 2.75) is 32.2 Å². The first-order valence-corrected chi connectivity index (χ1v) is 13.1. The SMILES string of the molecule is COc1cc([C@@H](c2c[nH]c3ccccc23)C2C(=O)OC(C)(C)OC2=O)ccc1OCc1cccc2ccccc12. The van der Waals surface area contributed by atoms with E-state index in [9.17, 15) is 9.59 Å². The number of para-hydroxylation sites is 1. The van der Waals surface area contributed by atoms with E-state index in [1.54, 1.807) is 21.0 Å². The van der Waals surface area contributed by atoms with Gasteiger partial charge in [0.05, 0.1) is 7.11 Å². The number of H-pyrrole nitrogens is 1. The van der Waals surface area contributed by atoms with E-state index < -0.39 is 29.6 Å². The van der Waals surface area contributed by atoms with Gasteiger partial charge in [0.2, 0.25) is 0 Å². The highest BCUT2D eigenvalue weighted by atomic mass is 16.7. The number of aromatic nitrogens is 1. The Bertz CT molecular complexity index is 1710. The largest absolute Gasteiger partial charge is 0.493 e. The van der Waals surface area contributed by atoms with Gasteiger partial charge in [-0.3, -0.25) is 9.59 Å². The van der Waals surface area contributed by atoms with Gasteiger partial charge in [-0.25, -0.2) is 0 Å². The number of nitrogens with one attached hydrogen (secondary N) is 1. The van der Waals surface area contributed by atoms with E-state index in [-0.39, 0.29) is 0 Å². The fourth-order valence-corrected chi connectivity index (χ4v) is 5.47. The van der Waals surface area contributed by atoms with Crippen molar-refractivity contribution >= 4 is 33.6 Å². The number of esters is 2. The van der Waals surface area contributed by atoms with Gasteiger partial charge < -0.3 is 23.9 Å². The normalized spacial score (nSPS) is 16.0. The highest BCUT2D eigenvalue weighted by Gasteiger charge is 2.48. The number of cyclic esters (lactones) is 2. The van der Waals surface area contributed by atoms with Gasteiger partial charge in [-0.15, -0.1) is 0 Å². The van der Waals surface area contributed by atoms with Crippen molar-refractivity contribution in [3.05, 3.63) is 108 Å². The summed E-state index contributed by atoms with van der Waals surface area (Å²) >= 11 is 0. The van der Waals surface area contributed by atoms with Gasteiger partial charge in [0, 0.05) is 36.9 Å². The number of carbonyl (C=O) groups excluding carboxylic acids is 2. The molecule has 1 fully saturated rings. The zero-order chi connectivity index (χ0) is 27.9. The molecule has 202 valence electrons. The van der Waals surface area contributed by atoms with Crippen LogP contribution in [0.2, 0.25) is 0 Å². The summed E-state index contributed by atoms with van der Waals surface area (Å²) in [5.74, 6) is -3.44. The van der Waals surface area contributed by atoms with Crippen LogP contribution in [-0.2, 0) is 25.7 Å². The van der Waals surface area contributed by atoms with Crippen LogP contribution in [0.3, 0.4) is 0 Å². The molecule has 0 unspecified atom stereocenters. The minimum Gasteiger partial charge on any atom is -0.493 e. The van der Waals surface area contributed by atoms with Gasteiger partial charge in [-0.1, -0.05) is 66.7 Å². The summed E-state index contributed by atoms with van der Waals surface area (Å²) < 4.78 is 23.0. The van der Waals surface area contributed by atoms with Gasteiger partial charge in [0.1, 0.15) is 6.61 Å². The molecule has 0 radical (unpaired) electrons. The van der Waals surface area contributed by atoms with Crippen LogP contribution < -0.4 is 9.47 Å². The Hall–Kier alpha value is -4.78. The van der Waals surface area contributed by atoms with Crippen molar-refractivity contribution in [1.29, 1.82) is 0 Å². The van der Waals surface area contributed by atoms with E-state index in [0.717, 1.165) is 32.8 Å². The summed E-state index contributed by atoms with van der Waals surface area (Å²) in [5, 5.41) is 3.16. The number of ether oxygens (including phenoxy) is 4. The minimum absolute atomic E-state index is 0.347. The molecule has 0 saturated carbocycles. The lowest BCUT2D eigenvalue weighted by atomic mass is 9.80. The van der Waals surface area contributed by atoms with E-state index in [1.807, 2.05) is 72.9 Å². The van der Waals surface area contributed by atoms with Gasteiger partial charge in [0.15, 0.2) is 17.4 Å². The smallest absolute Gasteiger partial charge is 0.324 e. The van der Waals surface area contributed by atoms with Crippen LogP contribution in [0, 0.1) is 5.92 Å². The van der Waals surface area contributed by atoms with E-state index in [0.29, 0.717) is 23.7 Å². The molecule has 1 aromatic heterocycles. The van der Waals surface area contributed by atoms with Crippen LogP contribution in [0.4, 0.5) is 0 Å². The van der Waals surface area contributed by atoms with E-state index in [4.69, 9.17) is 18.9 Å². The number of hydrogen-bond donors (Lipinski definition) is 1. The zero-order valence-electron chi connectivity index (χ0n) is 22.5. The quantitative estimate of drug-likeness (QED) is 0.189. The molecular weight excluding hydrogens is 506 g/mol. The van der Waals surface area contributed by atoms with Crippen molar-refractivity contribution in [3.63, 3.8) is 0 Å². The van der Waals surface area contributed by atoms with E-state index >= 15 is 0 Å². The van der Waals surface area contributed by atoms with Crippen molar-refractivity contribution < 1.29 is 28.5 Å². The Morgan fingerprint density at radius 3 is 2.33 bits per heavy atom. The molecule has 1 aliphatic rings. The molecule has 1 N–H and O–H groups in total. The van der Waals surface area contributed by atoms with Gasteiger partial charge in [-0.05, 0) is 45.7 Å². The van der Waals surface area contributed by atoms with Crippen molar-refractivity contribution in [2.24, 2.45) is 5.92 Å². The predicted octanol–water partition coefficient (Wildman–Crippen LogP) is 6.49. The lowest BCUT2D eigenvalue weighted by molar-refractivity contribution is -0.240. The average molecular weight is 536 g/mol. The molecule has 1 saturated heterocycles. The number of fused-ring (bicyclic) bond motifs is 2. The first-order valence-electron chi connectivity index (χ1n) is 13.1. The maximum atomic E-state index is 13.3. The second kappa shape index (κ2) is 10.1. The summed E-state index contributed by atoms with van der Waals surface area (Å²) in [5.41, 5.74) is 3.41. The Kier molecular flexibility index (Phi) is 6.42. The van der Waals surface area contributed by atoms with E-state index in [1.165, 1.54) is 0 Å². The topological polar surface area (TPSA) is 86.9 Å². The number of carbonyl (C=O) groups is 2.